The van der Waals surface area contributed by atoms with E-state index in [0.717, 1.165) is 5.56 Å². The van der Waals surface area contributed by atoms with E-state index in [4.69, 9.17) is 9.47 Å². The van der Waals surface area contributed by atoms with Gasteiger partial charge < -0.3 is 14.4 Å². The maximum absolute atomic E-state index is 11.6. The van der Waals surface area contributed by atoms with Crippen LogP contribution in [0.4, 0.5) is 0 Å². The van der Waals surface area contributed by atoms with Crippen molar-refractivity contribution in [3.63, 3.8) is 0 Å². The van der Waals surface area contributed by atoms with E-state index >= 15 is 0 Å². The Morgan fingerprint density at radius 3 is 2.47 bits per heavy atom. The van der Waals surface area contributed by atoms with Gasteiger partial charge in [0.15, 0.2) is 5.78 Å². The Balaban J connectivity index is 2.84. The van der Waals surface area contributed by atoms with Crippen LogP contribution in [0.3, 0.4) is 0 Å². The van der Waals surface area contributed by atoms with E-state index in [0.29, 0.717) is 11.5 Å². The summed E-state index contributed by atoms with van der Waals surface area (Å²) in [6.45, 7) is 0. The summed E-state index contributed by atoms with van der Waals surface area (Å²) in [6, 6.07) is 5.44. The number of allylic oxidation sites excluding steroid dienone is 2. The van der Waals surface area contributed by atoms with Crippen LogP contribution in [0.2, 0.25) is 0 Å². The molecule has 0 saturated carbocycles. The monoisotopic (exact) mass is 261 g/mol. The van der Waals surface area contributed by atoms with Crippen LogP contribution in [-0.2, 0) is 4.79 Å². The van der Waals surface area contributed by atoms with Crippen LogP contribution in [0.25, 0.3) is 6.08 Å². The van der Waals surface area contributed by atoms with E-state index < -0.39 is 0 Å². The standard InChI is InChI=1S/C15H19NO3/c1-16(2)10-9-13(17)7-5-12-6-8-14(18-3)11-15(12)19-4/h5-11H,1-4H3/b7-5+,10-9+. The minimum atomic E-state index is -0.0772. The third kappa shape index (κ3) is 4.87. The van der Waals surface area contributed by atoms with E-state index in [1.165, 1.54) is 12.2 Å². The Morgan fingerprint density at radius 1 is 1.16 bits per heavy atom. The zero-order valence-electron chi connectivity index (χ0n) is 11.7. The molecule has 19 heavy (non-hydrogen) atoms. The normalized spacial score (nSPS) is 10.9. The van der Waals surface area contributed by atoms with Crippen molar-refractivity contribution in [2.24, 2.45) is 0 Å². The van der Waals surface area contributed by atoms with E-state index in [1.807, 2.05) is 26.2 Å². The highest BCUT2D eigenvalue weighted by atomic mass is 16.5. The highest BCUT2D eigenvalue weighted by Gasteiger charge is 2.02. The zero-order chi connectivity index (χ0) is 14.3. The number of rotatable bonds is 6. The molecule has 0 aliphatic heterocycles. The van der Waals surface area contributed by atoms with Gasteiger partial charge in [0.05, 0.1) is 14.2 Å². The summed E-state index contributed by atoms with van der Waals surface area (Å²) >= 11 is 0. The highest BCUT2D eigenvalue weighted by molar-refractivity contribution is 6.02. The minimum absolute atomic E-state index is 0.0772. The van der Waals surface area contributed by atoms with E-state index in [-0.39, 0.29) is 5.78 Å². The molecule has 0 N–H and O–H groups in total. The molecule has 0 heterocycles. The summed E-state index contributed by atoms with van der Waals surface area (Å²) < 4.78 is 10.4. The number of ether oxygens (including phenoxy) is 2. The van der Waals surface area contributed by atoms with Crippen LogP contribution < -0.4 is 9.47 Å². The second-order valence-corrected chi connectivity index (χ2v) is 4.12. The molecule has 0 atom stereocenters. The first kappa shape index (κ1) is 14.8. The third-order valence-corrected chi connectivity index (χ3v) is 2.40. The number of ketones is 1. The average molecular weight is 261 g/mol. The number of benzene rings is 1. The summed E-state index contributed by atoms with van der Waals surface area (Å²) in [5, 5.41) is 0. The Labute approximate surface area is 113 Å². The van der Waals surface area contributed by atoms with Crippen LogP contribution in [0, 0.1) is 0 Å². The molecule has 4 nitrogen and oxygen atoms in total. The molecule has 0 aliphatic rings. The summed E-state index contributed by atoms with van der Waals surface area (Å²) in [5.74, 6) is 1.30. The Bertz CT molecular complexity index is 490. The molecule has 0 spiro atoms. The minimum Gasteiger partial charge on any atom is -0.497 e. The van der Waals surface area contributed by atoms with Crippen molar-refractivity contribution in [3.8, 4) is 11.5 Å². The lowest BCUT2D eigenvalue weighted by Gasteiger charge is -2.07. The zero-order valence-corrected chi connectivity index (χ0v) is 11.7. The largest absolute Gasteiger partial charge is 0.497 e. The van der Waals surface area contributed by atoms with Crippen LogP contribution in [0.1, 0.15) is 5.56 Å². The number of carbonyl (C=O) groups is 1. The maximum atomic E-state index is 11.6. The smallest absolute Gasteiger partial charge is 0.180 e. The first-order valence-electron chi connectivity index (χ1n) is 5.85. The summed E-state index contributed by atoms with van der Waals surface area (Å²) in [4.78, 5) is 13.4. The molecular weight excluding hydrogens is 242 g/mol. The van der Waals surface area contributed by atoms with Gasteiger partial charge in [0.1, 0.15) is 11.5 Å². The number of methoxy groups -OCH3 is 2. The number of carbonyl (C=O) groups excluding carboxylic acids is 1. The second kappa shape index (κ2) is 7.26. The molecule has 0 unspecified atom stereocenters. The van der Waals surface area contributed by atoms with Crippen LogP contribution >= 0.6 is 0 Å². The molecule has 1 rings (SSSR count). The third-order valence-electron chi connectivity index (χ3n) is 2.40. The van der Waals surface area contributed by atoms with Crippen LogP contribution in [-0.4, -0.2) is 39.0 Å². The quantitative estimate of drug-likeness (QED) is 0.737. The van der Waals surface area contributed by atoms with Crippen LogP contribution in [0.15, 0.2) is 36.6 Å². The molecule has 4 heteroatoms. The van der Waals surface area contributed by atoms with Crippen molar-refractivity contribution in [3.05, 3.63) is 42.1 Å². The van der Waals surface area contributed by atoms with Gasteiger partial charge in [-0.1, -0.05) is 0 Å². The van der Waals surface area contributed by atoms with Crippen molar-refractivity contribution in [2.75, 3.05) is 28.3 Å². The van der Waals surface area contributed by atoms with Crippen LogP contribution in [0.5, 0.6) is 11.5 Å². The molecule has 0 fully saturated rings. The highest BCUT2D eigenvalue weighted by Crippen LogP contribution is 2.25. The van der Waals surface area contributed by atoms with Gasteiger partial charge in [-0.25, -0.2) is 0 Å². The predicted octanol–water partition coefficient (Wildman–Crippen LogP) is 2.36. The first-order valence-corrected chi connectivity index (χ1v) is 5.85. The lowest BCUT2D eigenvalue weighted by molar-refractivity contribution is -0.110. The van der Waals surface area contributed by atoms with Gasteiger partial charge in [-0.15, -0.1) is 0 Å². The molecule has 0 radical (unpaired) electrons. The predicted molar refractivity (Wildman–Crippen MR) is 76.4 cm³/mol. The number of hydrogen-bond acceptors (Lipinski definition) is 4. The van der Waals surface area contributed by atoms with Gasteiger partial charge in [-0.2, -0.15) is 0 Å². The number of nitrogens with zero attached hydrogens (tertiary/aromatic N) is 1. The number of hydrogen-bond donors (Lipinski definition) is 0. The lowest BCUT2D eigenvalue weighted by atomic mass is 10.1. The van der Waals surface area contributed by atoms with Crippen molar-refractivity contribution >= 4 is 11.9 Å². The average Bonchev–Trinajstić information content (AvgIpc) is 2.42. The lowest BCUT2D eigenvalue weighted by Crippen LogP contribution is -2.01. The fraction of sp³-hybridized carbons (Fsp3) is 0.267. The van der Waals surface area contributed by atoms with Crippen molar-refractivity contribution in [1.82, 2.24) is 4.90 Å². The van der Waals surface area contributed by atoms with Crippen molar-refractivity contribution in [1.29, 1.82) is 0 Å². The van der Waals surface area contributed by atoms with Crippen molar-refractivity contribution < 1.29 is 14.3 Å². The molecule has 0 bridgehead atoms. The molecular formula is C15H19NO3. The van der Waals surface area contributed by atoms with E-state index in [9.17, 15) is 4.79 Å². The summed E-state index contributed by atoms with van der Waals surface area (Å²) in [5.41, 5.74) is 0.829. The Hall–Kier alpha value is -2.23. The topological polar surface area (TPSA) is 38.8 Å². The fourth-order valence-corrected chi connectivity index (χ4v) is 1.41. The summed E-state index contributed by atoms with van der Waals surface area (Å²) in [7, 11) is 6.90. The summed E-state index contributed by atoms with van der Waals surface area (Å²) in [6.07, 6.45) is 6.44. The first-order chi connectivity index (χ1) is 9.06. The molecule has 0 amide bonds. The van der Waals surface area contributed by atoms with E-state index in [2.05, 4.69) is 0 Å². The Kier molecular flexibility index (Phi) is 5.67. The van der Waals surface area contributed by atoms with E-state index in [1.54, 1.807) is 37.5 Å². The molecule has 102 valence electrons. The second-order valence-electron chi connectivity index (χ2n) is 4.12. The molecule has 0 saturated heterocycles. The van der Waals surface area contributed by atoms with Gasteiger partial charge in [-0.3, -0.25) is 4.79 Å². The SMILES string of the molecule is COc1ccc(/C=C/C(=O)/C=C/N(C)C)c(OC)c1. The molecule has 1 aromatic carbocycles. The fourth-order valence-electron chi connectivity index (χ4n) is 1.41. The molecule has 0 aliphatic carbocycles. The molecule has 1 aromatic rings. The van der Waals surface area contributed by atoms with Gasteiger partial charge in [0.2, 0.25) is 0 Å². The maximum Gasteiger partial charge on any atom is 0.180 e. The molecule has 0 aromatic heterocycles. The van der Waals surface area contributed by atoms with Gasteiger partial charge in [0.25, 0.3) is 0 Å². The van der Waals surface area contributed by atoms with Gasteiger partial charge in [0, 0.05) is 38.0 Å². The van der Waals surface area contributed by atoms with Gasteiger partial charge >= 0.3 is 0 Å². The Morgan fingerprint density at radius 2 is 1.89 bits per heavy atom. The van der Waals surface area contributed by atoms with Crippen molar-refractivity contribution in [2.45, 2.75) is 0 Å². The van der Waals surface area contributed by atoms with Gasteiger partial charge in [-0.05, 0) is 24.3 Å².